The van der Waals surface area contributed by atoms with Crippen LogP contribution < -0.4 is 0 Å². The first-order valence-corrected chi connectivity index (χ1v) is 5.22. The molecule has 0 saturated carbocycles. The second kappa shape index (κ2) is 56.7. The summed E-state index contributed by atoms with van der Waals surface area (Å²) < 4.78 is 0. The van der Waals surface area contributed by atoms with Crippen molar-refractivity contribution in [2.75, 3.05) is 0 Å². The Morgan fingerprint density at radius 2 is 0.536 bits per heavy atom. The van der Waals surface area contributed by atoms with Crippen molar-refractivity contribution < 1.29 is 19.2 Å². The molecule has 2 rings (SSSR count). The standard InChI is InChI=1S/C10H8.4CHNO.6CH4/c1-2-6-10-8-4-3-7-9(10)5-1;4*2-1-3;;;;;;/h1-8H;4*2H;6*1H4. The van der Waals surface area contributed by atoms with Crippen molar-refractivity contribution in [1.82, 2.24) is 0 Å². The number of nitrogens with one attached hydrogen (secondary N) is 4. The number of isocyanates is 4. The highest BCUT2D eigenvalue weighted by molar-refractivity contribution is 5.81. The molecule has 0 atom stereocenters. The van der Waals surface area contributed by atoms with E-state index in [4.69, 9.17) is 40.8 Å². The highest BCUT2D eigenvalue weighted by Gasteiger charge is 1.85. The lowest BCUT2D eigenvalue weighted by Gasteiger charge is -1.92. The third-order valence-corrected chi connectivity index (χ3v) is 1.66. The van der Waals surface area contributed by atoms with E-state index in [0.29, 0.717) is 0 Å². The van der Waals surface area contributed by atoms with Crippen LogP contribution in [0.4, 0.5) is 0 Å². The van der Waals surface area contributed by atoms with Crippen LogP contribution >= 0.6 is 0 Å². The molecule has 0 aliphatic heterocycles. The van der Waals surface area contributed by atoms with Gasteiger partial charge in [-0.1, -0.05) is 93.1 Å². The van der Waals surface area contributed by atoms with Gasteiger partial charge in [-0.2, -0.15) is 0 Å². The molecule has 160 valence electrons. The van der Waals surface area contributed by atoms with E-state index in [2.05, 4.69) is 48.5 Å². The van der Waals surface area contributed by atoms with Gasteiger partial charge in [-0.05, 0) is 10.8 Å². The Kier molecular flexibility index (Phi) is 114. The molecule has 8 heteroatoms. The van der Waals surface area contributed by atoms with Crippen LogP contribution in [0.2, 0.25) is 0 Å². The molecule has 0 radical (unpaired) electrons. The van der Waals surface area contributed by atoms with E-state index in [1.165, 1.54) is 10.8 Å². The first-order valence-electron chi connectivity index (χ1n) is 5.22. The average molecular weight is 397 g/mol. The zero-order valence-electron chi connectivity index (χ0n) is 11.3. The number of carbonyl (C=O) groups excluding carboxylic acids is 4. The van der Waals surface area contributed by atoms with Crippen LogP contribution in [0, 0.1) is 21.6 Å². The Balaban J connectivity index is -0.0000000253. The zero-order valence-corrected chi connectivity index (χ0v) is 11.3. The molecule has 0 heterocycles. The maximum Gasteiger partial charge on any atom is 0.231 e. The Morgan fingerprint density at radius 3 is 0.643 bits per heavy atom. The SMILES string of the molecule is C.C.C.C.C.C.N=C=O.N=C=O.N=C=O.N=C=O.c1ccc2ccccc2c1. The molecule has 0 fully saturated rings. The van der Waals surface area contributed by atoms with Gasteiger partial charge in [0.15, 0.2) is 0 Å². The smallest absolute Gasteiger partial charge is 0.222 e. The third kappa shape index (κ3) is 49.5. The first-order chi connectivity index (χ1) is 10.6. The number of hydrogen-bond acceptors (Lipinski definition) is 8. The molecule has 28 heavy (non-hydrogen) atoms. The predicted molar refractivity (Wildman–Crippen MR) is 118 cm³/mol. The van der Waals surface area contributed by atoms with Crippen molar-refractivity contribution in [3.05, 3.63) is 48.5 Å². The summed E-state index contributed by atoms with van der Waals surface area (Å²) in [7, 11) is 0. The zero-order chi connectivity index (χ0) is 17.6. The maximum atomic E-state index is 8.35. The topological polar surface area (TPSA) is 164 Å². The van der Waals surface area contributed by atoms with Crippen molar-refractivity contribution in [1.29, 1.82) is 21.6 Å². The minimum Gasteiger partial charge on any atom is -0.222 e. The molecule has 0 aliphatic rings. The van der Waals surface area contributed by atoms with Gasteiger partial charge in [-0.25, -0.2) is 40.8 Å². The number of fused-ring (bicyclic) bond motifs is 1. The van der Waals surface area contributed by atoms with Gasteiger partial charge in [-0.3, -0.25) is 0 Å². The second-order valence-corrected chi connectivity index (χ2v) is 2.76. The van der Waals surface area contributed by atoms with E-state index >= 15 is 0 Å². The molecule has 2 aromatic carbocycles. The molecule has 0 unspecified atom stereocenters. The Labute approximate surface area is 169 Å². The molecule has 0 amide bonds. The van der Waals surface area contributed by atoms with Gasteiger partial charge in [0.25, 0.3) is 0 Å². The molecule has 0 aromatic heterocycles. The van der Waals surface area contributed by atoms with Crippen LogP contribution in [0.15, 0.2) is 48.5 Å². The highest BCUT2D eigenvalue weighted by atomic mass is 16.1. The van der Waals surface area contributed by atoms with E-state index in [9.17, 15) is 0 Å². The van der Waals surface area contributed by atoms with E-state index in [0.717, 1.165) is 24.3 Å². The minimum atomic E-state index is 0. The summed E-state index contributed by atoms with van der Waals surface area (Å²) in [6, 6.07) is 16.7. The molecular formula is C20H36N4O4. The molecule has 0 spiro atoms. The Hall–Kier alpha value is -3.78. The van der Waals surface area contributed by atoms with Crippen molar-refractivity contribution in [3.63, 3.8) is 0 Å². The van der Waals surface area contributed by atoms with Crippen molar-refractivity contribution in [2.45, 2.75) is 44.6 Å². The normalized spacial score (nSPS) is 4.71. The first kappa shape index (κ1) is 56.4. The molecule has 0 bridgehead atoms. The summed E-state index contributed by atoms with van der Waals surface area (Å²) in [6.07, 6.45) is 3.00. The van der Waals surface area contributed by atoms with Gasteiger partial charge >= 0.3 is 0 Å². The largest absolute Gasteiger partial charge is 0.231 e. The van der Waals surface area contributed by atoms with E-state index in [1.54, 1.807) is 0 Å². The molecule has 0 saturated heterocycles. The van der Waals surface area contributed by atoms with Crippen molar-refractivity contribution in [2.24, 2.45) is 0 Å². The summed E-state index contributed by atoms with van der Waals surface area (Å²) in [5.41, 5.74) is 0. The summed E-state index contributed by atoms with van der Waals surface area (Å²) >= 11 is 0. The minimum absolute atomic E-state index is 0. The predicted octanol–water partition coefficient (Wildman–Crippen LogP) is 6.26. The van der Waals surface area contributed by atoms with Crippen LogP contribution in [0.5, 0.6) is 0 Å². The Morgan fingerprint density at radius 1 is 0.429 bits per heavy atom. The van der Waals surface area contributed by atoms with Gasteiger partial charge < -0.3 is 0 Å². The summed E-state index contributed by atoms with van der Waals surface area (Å²) in [5, 5.41) is 24.2. The van der Waals surface area contributed by atoms with Gasteiger partial charge in [0.2, 0.25) is 24.3 Å². The quantitative estimate of drug-likeness (QED) is 0.305. The van der Waals surface area contributed by atoms with Gasteiger partial charge in [0.1, 0.15) is 0 Å². The highest BCUT2D eigenvalue weighted by Crippen LogP contribution is 2.11. The lowest BCUT2D eigenvalue weighted by molar-refractivity contribution is 0.562. The van der Waals surface area contributed by atoms with Gasteiger partial charge in [0.05, 0.1) is 0 Å². The van der Waals surface area contributed by atoms with Crippen LogP contribution in [-0.4, -0.2) is 24.3 Å². The fourth-order valence-corrected chi connectivity index (χ4v) is 1.13. The van der Waals surface area contributed by atoms with E-state index < -0.39 is 0 Å². The van der Waals surface area contributed by atoms with Crippen molar-refractivity contribution >= 4 is 35.1 Å². The number of benzene rings is 2. The monoisotopic (exact) mass is 396 g/mol. The van der Waals surface area contributed by atoms with Crippen molar-refractivity contribution in [3.8, 4) is 0 Å². The van der Waals surface area contributed by atoms with E-state index in [-0.39, 0.29) is 44.6 Å². The maximum absolute atomic E-state index is 8.35. The summed E-state index contributed by atoms with van der Waals surface area (Å²) in [6.45, 7) is 0. The van der Waals surface area contributed by atoms with Crippen LogP contribution in [0.3, 0.4) is 0 Å². The van der Waals surface area contributed by atoms with Crippen LogP contribution in [-0.2, 0) is 19.2 Å². The van der Waals surface area contributed by atoms with Gasteiger partial charge in [-0.15, -0.1) is 0 Å². The molecular weight excluding hydrogens is 360 g/mol. The third-order valence-electron chi connectivity index (χ3n) is 1.66. The van der Waals surface area contributed by atoms with Gasteiger partial charge in [0, 0.05) is 0 Å². The Bertz CT molecular complexity index is 551. The molecule has 4 N–H and O–H groups in total. The summed E-state index contributed by atoms with van der Waals surface area (Å²) in [4.78, 5) is 33.4. The number of hydrogen-bond donors (Lipinski definition) is 4. The lowest BCUT2D eigenvalue weighted by Crippen LogP contribution is -1.67. The fraction of sp³-hybridized carbons (Fsp3) is 0.300. The van der Waals surface area contributed by atoms with E-state index in [1.807, 2.05) is 0 Å². The fourth-order valence-electron chi connectivity index (χ4n) is 1.13. The van der Waals surface area contributed by atoms with Crippen LogP contribution in [0.1, 0.15) is 44.6 Å². The lowest BCUT2D eigenvalue weighted by atomic mass is 10.1. The van der Waals surface area contributed by atoms with Crippen LogP contribution in [0.25, 0.3) is 10.8 Å². The average Bonchev–Trinajstić information content (AvgIpc) is 2.51. The molecule has 8 nitrogen and oxygen atoms in total. The second-order valence-electron chi connectivity index (χ2n) is 2.76. The summed E-state index contributed by atoms with van der Waals surface area (Å²) in [5.74, 6) is 0. The molecule has 2 aromatic rings. The number of rotatable bonds is 0. The molecule has 0 aliphatic carbocycles.